The summed E-state index contributed by atoms with van der Waals surface area (Å²) in [6.45, 7) is 3.89. The third-order valence-corrected chi connectivity index (χ3v) is 2.79. The number of anilines is 1. The normalized spacial score (nSPS) is 17.9. The Hall–Kier alpha value is -1.66. The minimum absolute atomic E-state index is 0.203. The zero-order chi connectivity index (χ0) is 12.3. The Morgan fingerprint density at radius 2 is 2.06 bits per heavy atom. The lowest BCUT2D eigenvalue weighted by Gasteiger charge is -2.32. The van der Waals surface area contributed by atoms with Crippen molar-refractivity contribution >= 4 is 11.8 Å². The van der Waals surface area contributed by atoms with Crippen molar-refractivity contribution in [2.24, 2.45) is 0 Å². The summed E-state index contributed by atoms with van der Waals surface area (Å²) < 4.78 is 0. The first kappa shape index (κ1) is 11.8. The first-order valence-corrected chi connectivity index (χ1v) is 5.54. The van der Waals surface area contributed by atoms with Gasteiger partial charge in [0.05, 0.1) is 5.56 Å². The Balaban J connectivity index is 1.92. The van der Waals surface area contributed by atoms with Crippen LogP contribution >= 0.6 is 0 Å². The zero-order valence-electron chi connectivity index (χ0n) is 9.76. The molecule has 1 aromatic rings. The van der Waals surface area contributed by atoms with E-state index in [2.05, 4.69) is 27.4 Å². The molecular weight excluding hydrogens is 220 g/mol. The molecular formula is C11H16N4O2. The van der Waals surface area contributed by atoms with Gasteiger partial charge in [0, 0.05) is 32.4 Å². The largest absolute Gasteiger partial charge is 0.478 e. The number of carbonyl (C=O) groups is 1. The zero-order valence-corrected chi connectivity index (χ0v) is 9.76. The van der Waals surface area contributed by atoms with Gasteiger partial charge in [0.15, 0.2) is 0 Å². The van der Waals surface area contributed by atoms with Crippen LogP contribution in [-0.2, 0) is 0 Å². The monoisotopic (exact) mass is 236 g/mol. The lowest BCUT2D eigenvalue weighted by Crippen LogP contribution is -2.47. The first-order valence-electron chi connectivity index (χ1n) is 5.54. The molecule has 1 aliphatic rings. The molecule has 0 bridgehead atoms. The molecule has 6 heteroatoms. The molecule has 0 unspecified atom stereocenters. The Bertz CT molecular complexity index is 385. The van der Waals surface area contributed by atoms with Crippen molar-refractivity contribution in [3.05, 3.63) is 23.9 Å². The highest BCUT2D eigenvalue weighted by Crippen LogP contribution is 2.07. The molecule has 0 radical (unpaired) electrons. The number of hydrogen-bond donors (Lipinski definition) is 2. The van der Waals surface area contributed by atoms with Crippen molar-refractivity contribution in [1.82, 2.24) is 14.9 Å². The van der Waals surface area contributed by atoms with Crippen LogP contribution in [0.2, 0.25) is 0 Å². The molecule has 0 saturated carbocycles. The van der Waals surface area contributed by atoms with E-state index in [1.165, 1.54) is 6.20 Å². The number of nitrogens with one attached hydrogen (secondary N) is 1. The number of hydrogen-bond acceptors (Lipinski definition) is 5. The van der Waals surface area contributed by atoms with Crippen molar-refractivity contribution in [3.63, 3.8) is 0 Å². The van der Waals surface area contributed by atoms with E-state index in [4.69, 9.17) is 5.11 Å². The summed E-state index contributed by atoms with van der Waals surface area (Å²) in [4.78, 5) is 17.0. The molecule has 2 heterocycles. The highest BCUT2D eigenvalue weighted by atomic mass is 16.4. The average molecular weight is 236 g/mol. The summed E-state index contributed by atoms with van der Waals surface area (Å²) in [5, 5.41) is 10.8. The molecule has 1 saturated heterocycles. The van der Waals surface area contributed by atoms with E-state index in [0.29, 0.717) is 5.82 Å². The van der Waals surface area contributed by atoms with Crippen LogP contribution in [0.15, 0.2) is 18.3 Å². The van der Waals surface area contributed by atoms with E-state index in [1.807, 2.05) is 0 Å². The molecule has 0 aliphatic carbocycles. The van der Waals surface area contributed by atoms with E-state index in [9.17, 15) is 4.79 Å². The lowest BCUT2D eigenvalue weighted by molar-refractivity contribution is 0.0696. The minimum atomic E-state index is -0.955. The Morgan fingerprint density at radius 1 is 1.35 bits per heavy atom. The van der Waals surface area contributed by atoms with Gasteiger partial charge in [0.1, 0.15) is 5.82 Å². The Morgan fingerprint density at radius 3 is 2.59 bits per heavy atom. The molecule has 17 heavy (non-hydrogen) atoms. The summed E-state index contributed by atoms with van der Waals surface area (Å²) >= 11 is 0. The van der Waals surface area contributed by atoms with Gasteiger partial charge in [-0.3, -0.25) is 0 Å². The number of pyridine rings is 1. The van der Waals surface area contributed by atoms with E-state index in [-0.39, 0.29) is 5.56 Å². The van der Waals surface area contributed by atoms with Crippen molar-refractivity contribution in [2.45, 2.75) is 0 Å². The highest BCUT2D eigenvalue weighted by Gasteiger charge is 2.13. The number of likely N-dealkylation sites (N-methyl/N-ethyl adjacent to an activating group) is 1. The van der Waals surface area contributed by atoms with Crippen molar-refractivity contribution in [2.75, 3.05) is 38.7 Å². The average Bonchev–Trinajstić information content (AvgIpc) is 2.33. The second kappa shape index (κ2) is 5.11. The van der Waals surface area contributed by atoms with Crippen molar-refractivity contribution in [1.29, 1.82) is 0 Å². The first-order chi connectivity index (χ1) is 8.15. The number of carboxylic acid groups (broad SMARTS) is 1. The van der Waals surface area contributed by atoms with Crippen molar-refractivity contribution in [3.8, 4) is 0 Å². The SMILES string of the molecule is CN1CCN(Nc2ccc(C(=O)O)cn2)CC1. The number of carboxylic acids is 1. The molecule has 1 aliphatic heterocycles. The molecule has 2 rings (SSSR count). The molecule has 0 atom stereocenters. The van der Waals surface area contributed by atoms with Gasteiger partial charge in [0.25, 0.3) is 0 Å². The van der Waals surface area contributed by atoms with E-state index < -0.39 is 5.97 Å². The van der Waals surface area contributed by atoms with Gasteiger partial charge in [0.2, 0.25) is 0 Å². The molecule has 1 fully saturated rings. The van der Waals surface area contributed by atoms with Gasteiger partial charge in [-0.25, -0.2) is 14.8 Å². The predicted molar refractivity (Wildman–Crippen MR) is 63.9 cm³/mol. The van der Waals surface area contributed by atoms with Gasteiger partial charge in [-0.05, 0) is 19.2 Å². The molecule has 0 aromatic carbocycles. The van der Waals surface area contributed by atoms with Crippen LogP contribution in [0, 0.1) is 0 Å². The predicted octanol–water partition coefficient (Wildman–Crippen LogP) is 0.354. The van der Waals surface area contributed by atoms with Gasteiger partial charge >= 0.3 is 5.97 Å². The van der Waals surface area contributed by atoms with Crippen LogP contribution in [0.5, 0.6) is 0 Å². The van der Waals surface area contributed by atoms with Crippen molar-refractivity contribution < 1.29 is 9.90 Å². The summed E-state index contributed by atoms with van der Waals surface area (Å²) in [7, 11) is 2.09. The summed E-state index contributed by atoms with van der Waals surface area (Å²) in [5.74, 6) is -0.275. The number of nitrogens with zero attached hydrogens (tertiary/aromatic N) is 3. The Kier molecular flexibility index (Phi) is 3.55. The minimum Gasteiger partial charge on any atom is -0.478 e. The number of rotatable bonds is 3. The third-order valence-electron chi connectivity index (χ3n) is 2.79. The fourth-order valence-electron chi connectivity index (χ4n) is 1.67. The maximum Gasteiger partial charge on any atom is 0.337 e. The summed E-state index contributed by atoms with van der Waals surface area (Å²) in [6.07, 6.45) is 1.36. The van der Waals surface area contributed by atoms with Crippen LogP contribution in [0.1, 0.15) is 10.4 Å². The fourth-order valence-corrected chi connectivity index (χ4v) is 1.67. The van der Waals surface area contributed by atoms with Crippen LogP contribution in [0.4, 0.5) is 5.82 Å². The van der Waals surface area contributed by atoms with Crippen LogP contribution in [0.25, 0.3) is 0 Å². The van der Waals surface area contributed by atoms with Crippen LogP contribution in [0.3, 0.4) is 0 Å². The van der Waals surface area contributed by atoms with Crippen LogP contribution in [-0.4, -0.2) is 59.2 Å². The Labute approximate surface area is 99.8 Å². The number of hydrazine groups is 1. The van der Waals surface area contributed by atoms with Gasteiger partial charge in [-0.1, -0.05) is 0 Å². The van der Waals surface area contributed by atoms with Gasteiger partial charge in [-0.2, -0.15) is 0 Å². The molecule has 92 valence electrons. The number of aromatic carboxylic acids is 1. The fraction of sp³-hybridized carbons (Fsp3) is 0.455. The maximum absolute atomic E-state index is 10.7. The summed E-state index contributed by atoms with van der Waals surface area (Å²) in [5.41, 5.74) is 3.37. The number of piperazine rings is 1. The van der Waals surface area contributed by atoms with E-state index in [1.54, 1.807) is 12.1 Å². The highest BCUT2D eigenvalue weighted by molar-refractivity contribution is 5.87. The topological polar surface area (TPSA) is 68.7 Å². The van der Waals surface area contributed by atoms with E-state index >= 15 is 0 Å². The quantitative estimate of drug-likeness (QED) is 0.789. The molecule has 0 amide bonds. The maximum atomic E-state index is 10.7. The lowest BCUT2D eigenvalue weighted by atomic mass is 10.3. The molecule has 1 aromatic heterocycles. The van der Waals surface area contributed by atoms with Gasteiger partial charge < -0.3 is 15.4 Å². The molecule has 6 nitrogen and oxygen atoms in total. The third kappa shape index (κ3) is 3.15. The van der Waals surface area contributed by atoms with Crippen LogP contribution < -0.4 is 5.43 Å². The van der Waals surface area contributed by atoms with Gasteiger partial charge in [-0.15, -0.1) is 0 Å². The molecule has 2 N–H and O–H groups in total. The standard InChI is InChI=1S/C11H16N4O2/c1-14-4-6-15(7-5-14)13-10-3-2-9(8-12-10)11(16)17/h2-3,8H,4-7H2,1H3,(H,12,13)(H,16,17). The second-order valence-electron chi connectivity index (χ2n) is 4.14. The second-order valence-corrected chi connectivity index (χ2v) is 4.14. The smallest absolute Gasteiger partial charge is 0.337 e. The number of aromatic nitrogens is 1. The van der Waals surface area contributed by atoms with E-state index in [0.717, 1.165) is 26.2 Å². The molecule has 0 spiro atoms. The summed E-state index contributed by atoms with van der Waals surface area (Å²) in [6, 6.07) is 3.23.